The molecule has 0 atom stereocenters. The zero-order valence-corrected chi connectivity index (χ0v) is 13.6. The van der Waals surface area contributed by atoms with E-state index in [2.05, 4.69) is 31.6 Å². The summed E-state index contributed by atoms with van der Waals surface area (Å²) in [7, 11) is 3.46. The van der Waals surface area contributed by atoms with E-state index in [0.717, 1.165) is 38.0 Å². The summed E-state index contributed by atoms with van der Waals surface area (Å²) in [6.07, 6.45) is 5.75. The van der Waals surface area contributed by atoms with Crippen molar-refractivity contribution < 1.29 is 4.74 Å². The number of hydrogen-bond acceptors (Lipinski definition) is 4. The number of aromatic nitrogens is 1. The molecule has 1 aliphatic rings. The van der Waals surface area contributed by atoms with Crippen LogP contribution in [-0.4, -0.2) is 51.3 Å². The van der Waals surface area contributed by atoms with E-state index >= 15 is 0 Å². The normalized spacial score (nSPS) is 15.7. The van der Waals surface area contributed by atoms with Crippen molar-refractivity contribution in [3.63, 3.8) is 0 Å². The maximum Gasteiger partial charge on any atom is 0.191 e. The van der Waals surface area contributed by atoms with Crippen LogP contribution in [0.2, 0.25) is 0 Å². The first-order valence-electron chi connectivity index (χ1n) is 7.97. The van der Waals surface area contributed by atoms with Crippen LogP contribution in [0.3, 0.4) is 0 Å². The van der Waals surface area contributed by atoms with Crippen LogP contribution in [-0.2, 0) is 11.3 Å². The molecule has 1 aromatic rings. The van der Waals surface area contributed by atoms with E-state index in [4.69, 9.17) is 4.74 Å². The molecule has 0 spiro atoms. The van der Waals surface area contributed by atoms with Crippen molar-refractivity contribution in [2.24, 2.45) is 4.99 Å². The molecule has 1 fully saturated rings. The number of aliphatic imine (C=N–C) groups is 1. The fraction of sp³-hybridized carbons (Fsp3) is 0.625. The summed E-state index contributed by atoms with van der Waals surface area (Å²) in [6.45, 7) is 4.37. The lowest BCUT2D eigenvalue weighted by Gasteiger charge is -2.28. The van der Waals surface area contributed by atoms with Crippen LogP contribution in [0.1, 0.15) is 24.8 Å². The summed E-state index contributed by atoms with van der Waals surface area (Å²) in [5.74, 6) is 1.87. The number of nitrogens with zero attached hydrogens (tertiary/aromatic N) is 3. The topological polar surface area (TPSA) is 61.8 Å². The van der Waals surface area contributed by atoms with Gasteiger partial charge < -0.3 is 20.3 Å². The van der Waals surface area contributed by atoms with Gasteiger partial charge in [0.25, 0.3) is 0 Å². The number of rotatable bonds is 6. The quantitative estimate of drug-likeness (QED) is 0.472. The van der Waals surface area contributed by atoms with Gasteiger partial charge in [-0.1, -0.05) is 0 Å². The van der Waals surface area contributed by atoms with E-state index in [9.17, 15) is 0 Å². The minimum absolute atomic E-state index is 0.662. The molecule has 0 radical (unpaired) electrons. The highest BCUT2D eigenvalue weighted by molar-refractivity contribution is 5.79. The fourth-order valence-corrected chi connectivity index (χ4v) is 2.54. The van der Waals surface area contributed by atoms with Gasteiger partial charge in [-0.25, -0.2) is 4.98 Å². The molecule has 0 amide bonds. The Morgan fingerprint density at radius 3 is 2.86 bits per heavy atom. The number of hydrogen-bond donors (Lipinski definition) is 2. The van der Waals surface area contributed by atoms with E-state index in [-0.39, 0.29) is 0 Å². The van der Waals surface area contributed by atoms with Crippen molar-refractivity contribution in [1.82, 2.24) is 15.6 Å². The van der Waals surface area contributed by atoms with E-state index in [0.29, 0.717) is 6.61 Å². The van der Waals surface area contributed by atoms with Crippen LogP contribution < -0.4 is 15.5 Å². The minimum Gasteiger partial charge on any atom is -0.383 e. The molecule has 1 aliphatic heterocycles. The molecule has 6 heteroatoms. The van der Waals surface area contributed by atoms with E-state index in [1.165, 1.54) is 24.8 Å². The Balaban J connectivity index is 1.86. The molecule has 2 heterocycles. The molecular formula is C16H27N5O. The lowest BCUT2D eigenvalue weighted by Crippen LogP contribution is -2.38. The third-order valence-corrected chi connectivity index (χ3v) is 3.77. The average Bonchev–Trinajstić information content (AvgIpc) is 2.59. The van der Waals surface area contributed by atoms with Crippen LogP contribution >= 0.6 is 0 Å². The Bertz CT molecular complexity index is 471. The van der Waals surface area contributed by atoms with Gasteiger partial charge in [-0.15, -0.1) is 0 Å². The van der Waals surface area contributed by atoms with Crippen LogP contribution in [0.4, 0.5) is 5.82 Å². The lowest BCUT2D eigenvalue weighted by atomic mass is 10.1. The average molecular weight is 305 g/mol. The Morgan fingerprint density at radius 2 is 2.14 bits per heavy atom. The van der Waals surface area contributed by atoms with Gasteiger partial charge in [0.05, 0.1) is 6.61 Å². The van der Waals surface area contributed by atoms with Crippen LogP contribution in [0.15, 0.2) is 23.3 Å². The van der Waals surface area contributed by atoms with E-state index in [1.807, 2.05) is 12.3 Å². The first-order valence-corrected chi connectivity index (χ1v) is 7.97. The molecule has 2 N–H and O–H groups in total. The van der Waals surface area contributed by atoms with Crippen molar-refractivity contribution in [3.05, 3.63) is 23.9 Å². The summed E-state index contributed by atoms with van der Waals surface area (Å²) in [5.41, 5.74) is 1.21. The Labute approximate surface area is 133 Å². The minimum atomic E-state index is 0.662. The summed E-state index contributed by atoms with van der Waals surface area (Å²) < 4.78 is 5.02. The van der Waals surface area contributed by atoms with Gasteiger partial charge in [-0.3, -0.25) is 4.99 Å². The second-order valence-corrected chi connectivity index (χ2v) is 5.42. The maximum absolute atomic E-state index is 5.02. The van der Waals surface area contributed by atoms with Gasteiger partial charge in [-0.05, 0) is 37.0 Å². The van der Waals surface area contributed by atoms with Gasteiger partial charge in [0.2, 0.25) is 0 Å². The van der Waals surface area contributed by atoms with Crippen molar-refractivity contribution in [2.45, 2.75) is 25.8 Å². The van der Waals surface area contributed by atoms with Crippen molar-refractivity contribution in [2.75, 3.05) is 45.3 Å². The second-order valence-electron chi connectivity index (χ2n) is 5.42. The largest absolute Gasteiger partial charge is 0.383 e. The number of methoxy groups -OCH3 is 1. The van der Waals surface area contributed by atoms with E-state index in [1.54, 1.807) is 14.2 Å². The standard InChI is InChI=1S/C16H27N5O/c1-17-16(19-8-11-22-2)20-13-14-6-7-18-15(12-14)21-9-4-3-5-10-21/h6-7,12H,3-5,8-11,13H2,1-2H3,(H2,17,19,20). The Hall–Kier alpha value is -1.82. The number of piperidine rings is 1. The molecule has 1 aromatic heterocycles. The summed E-state index contributed by atoms with van der Waals surface area (Å²) in [5, 5.41) is 6.52. The van der Waals surface area contributed by atoms with E-state index < -0.39 is 0 Å². The number of pyridine rings is 1. The van der Waals surface area contributed by atoms with Crippen molar-refractivity contribution in [3.8, 4) is 0 Å². The lowest BCUT2D eigenvalue weighted by molar-refractivity contribution is 0.203. The zero-order chi connectivity index (χ0) is 15.6. The number of nitrogens with one attached hydrogen (secondary N) is 2. The monoisotopic (exact) mass is 305 g/mol. The molecular weight excluding hydrogens is 278 g/mol. The van der Waals surface area contributed by atoms with Gasteiger partial charge in [0.15, 0.2) is 5.96 Å². The second kappa shape index (κ2) is 9.25. The highest BCUT2D eigenvalue weighted by Crippen LogP contribution is 2.18. The van der Waals surface area contributed by atoms with Crippen LogP contribution in [0.25, 0.3) is 0 Å². The molecule has 0 aromatic carbocycles. The summed E-state index contributed by atoms with van der Waals surface area (Å²) in [4.78, 5) is 11.1. The highest BCUT2D eigenvalue weighted by Gasteiger charge is 2.12. The smallest absolute Gasteiger partial charge is 0.191 e. The molecule has 2 rings (SSSR count). The SMILES string of the molecule is CN=C(NCCOC)NCc1ccnc(N2CCCCC2)c1. The Morgan fingerprint density at radius 1 is 1.32 bits per heavy atom. The molecule has 0 aliphatic carbocycles. The van der Waals surface area contributed by atoms with Crippen LogP contribution in [0.5, 0.6) is 0 Å². The van der Waals surface area contributed by atoms with Gasteiger partial charge in [0, 0.05) is 46.5 Å². The zero-order valence-electron chi connectivity index (χ0n) is 13.6. The predicted molar refractivity (Wildman–Crippen MR) is 90.4 cm³/mol. The molecule has 0 unspecified atom stereocenters. The van der Waals surface area contributed by atoms with Gasteiger partial charge in [0.1, 0.15) is 5.82 Å². The molecule has 0 bridgehead atoms. The molecule has 22 heavy (non-hydrogen) atoms. The third-order valence-electron chi connectivity index (χ3n) is 3.77. The highest BCUT2D eigenvalue weighted by atomic mass is 16.5. The fourth-order valence-electron chi connectivity index (χ4n) is 2.54. The molecule has 1 saturated heterocycles. The molecule has 6 nitrogen and oxygen atoms in total. The molecule has 0 saturated carbocycles. The first-order chi connectivity index (χ1) is 10.8. The van der Waals surface area contributed by atoms with Crippen LogP contribution in [0, 0.1) is 0 Å². The van der Waals surface area contributed by atoms with Gasteiger partial charge in [-0.2, -0.15) is 0 Å². The number of anilines is 1. The number of guanidine groups is 1. The van der Waals surface area contributed by atoms with Gasteiger partial charge >= 0.3 is 0 Å². The number of ether oxygens (including phenoxy) is 1. The predicted octanol–water partition coefficient (Wildman–Crippen LogP) is 1.38. The maximum atomic E-state index is 5.02. The molecule has 122 valence electrons. The third kappa shape index (κ3) is 5.18. The summed E-state index contributed by atoms with van der Waals surface area (Å²) in [6, 6.07) is 4.21. The van der Waals surface area contributed by atoms with Crippen molar-refractivity contribution >= 4 is 11.8 Å². The van der Waals surface area contributed by atoms with Crippen molar-refractivity contribution in [1.29, 1.82) is 0 Å². The summed E-state index contributed by atoms with van der Waals surface area (Å²) >= 11 is 0. The Kier molecular flexibility index (Phi) is 6.96. The first kappa shape index (κ1) is 16.5.